The largest absolute Gasteiger partial charge is 0.493 e. The van der Waals surface area contributed by atoms with Crippen LogP contribution in [0, 0.1) is 0 Å². The fraction of sp³-hybridized carbons (Fsp3) is 0.556. The van der Waals surface area contributed by atoms with Gasteiger partial charge in [0.05, 0.1) is 13.3 Å². The molecule has 0 aliphatic rings. The summed E-state index contributed by atoms with van der Waals surface area (Å²) in [5.74, 6) is -0.0334. The van der Waals surface area contributed by atoms with Crippen molar-refractivity contribution < 1.29 is 14.6 Å². The minimum atomic E-state index is -1.42. The van der Waals surface area contributed by atoms with Gasteiger partial charge in [-0.25, -0.2) is 0 Å². The third-order valence-electron chi connectivity index (χ3n) is 1.90. The van der Waals surface area contributed by atoms with Gasteiger partial charge in [-0.3, -0.25) is 9.48 Å². The third kappa shape index (κ3) is 1.77. The normalized spacial score (nSPS) is 11.5. The molecule has 0 unspecified atom stereocenters. The zero-order valence-corrected chi connectivity index (χ0v) is 8.74. The highest BCUT2D eigenvalue weighted by atomic mass is 16.5. The maximum absolute atomic E-state index is 11.7. The van der Waals surface area contributed by atoms with E-state index in [1.54, 1.807) is 7.05 Å². The lowest BCUT2D eigenvalue weighted by atomic mass is 10.0. The summed E-state index contributed by atoms with van der Waals surface area (Å²) in [7, 11) is 3.08. The van der Waals surface area contributed by atoms with Gasteiger partial charge in [0.25, 0.3) is 0 Å². The highest BCUT2D eigenvalue weighted by Crippen LogP contribution is 2.21. The van der Waals surface area contributed by atoms with E-state index in [-0.39, 0.29) is 5.69 Å². The Bertz CT molecular complexity index is 349. The average molecular weight is 198 g/mol. The number of rotatable bonds is 3. The van der Waals surface area contributed by atoms with E-state index in [9.17, 15) is 9.90 Å². The van der Waals surface area contributed by atoms with E-state index in [4.69, 9.17) is 4.74 Å². The second kappa shape index (κ2) is 3.42. The Morgan fingerprint density at radius 2 is 2.21 bits per heavy atom. The average Bonchev–Trinajstić information content (AvgIpc) is 2.43. The van der Waals surface area contributed by atoms with Crippen LogP contribution in [-0.2, 0) is 7.05 Å². The van der Waals surface area contributed by atoms with Crippen molar-refractivity contribution in [2.24, 2.45) is 7.05 Å². The van der Waals surface area contributed by atoms with Gasteiger partial charge in [-0.2, -0.15) is 5.10 Å². The molecule has 1 rings (SSSR count). The molecule has 5 heteroatoms. The van der Waals surface area contributed by atoms with Gasteiger partial charge in [0.15, 0.2) is 5.75 Å². The minimum Gasteiger partial charge on any atom is -0.493 e. The monoisotopic (exact) mass is 198 g/mol. The molecular weight excluding hydrogens is 184 g/mol. The smallest absolute Gasteiger partial charge is 0.215 e. The van der Waals surface area contributed by atoms with Gasteiger partial charge in [0.2, 0.25) is 5.78 Å². The quantitative estimate of drug-likeness (QED) is 0.713. The van der Waals surface area contributed by atoms with Crippen LogP contribution >= 0.6 is 0 Å². The van der Waals surface area contributed by atoms with Crippen LogP contribution in [0.25, 0.3) is 0 Å². The molecule has 5 nitrogen and oxygen atoms in total. The Morgan fingerprint density at radius 1 is 1.64 bits per heavy atom. The number of Topliss-reactive ketones (excluding diaryl/α,β-unsaturated/α-hetero) is 1. The number of carbonyl (C=O) groups excluding carboxylic acids is 1. The van der Waals surface area contributed by atoms with Crippen molar-refractivity contribution in [3.63, 3.8) is 0 Å². The van der Waals surface area contributed by atoms with Crippen LogP contribution in [0.3, 0.4) is 0 Å². The summed E-state index contributed by atoms with van der Waals surface area (Å²) in [5, 5.41) is 13.4. The molecule has 0 aliphatic carbocycles. The van der Waals surface area contributed by atoms with E-state index in [0.717, 1.165) is 0 Å². The van der Waals surface area contributed by atoms with Crippen LogP contribution in [0.1, 0.15) is 24.3 Å². The molecule has 0 spiro atoms. The molecule has 0 aromatic carbocycles. The minimum absolute atomic E-state index is 0.278. The van der Waals surface area contributed by atoms with Crippen LogP contribution in [0.5, 0.6) is 5.75 Å². The van der Waals surface area contributed by atoms with Gasteiger partial charge >= 0.3 is 0 Å². The molecular formula is C9H14N2O3. The van der Waals surface area contributed by atoms with E-state index in [1.807, 2.05) is 0 Å². The van der Waals surface area contributed by atoms with Crippen molar-refractivity contribution in [1.82, 2.24) is 9.78 Å². The zero-order chi connectivity index (χ0) is 10.9. The van der Waals surface area contributed by atoms with Crippen molar-refractivity contribution in [2.75, 3.05) is 7.11 Å². The molecule has 78 valence electrons. The van der Waals surface area contributed by atoms with Gasteiger partial charge in [0, 0.05) is 7.05 Å². The highest BCUT2D eigenvalue weighted by molar-refractivity contribution is 6.02. The van der Waals surface area contributed by atoms with Crippen molar-refractivity contribution in [1.29, 1.82) is 0 Å². The van der Waals surface area contributed by atoms with Crippen molar-refractivity contribution in [3.8, 4) is 5.75 Å². The van der Waals surface area contributed by atoms with Crippen molar-refractivity contribution >= 4 is 5.78 Å². The van der Waals surface area contributed by atoms with E-state index in [1.165, 1.54) is 31.8 Å². The van der Waals surface area contributed by atoms with Crippen molar-refractivity contribution in [3.05, 3.63) is 11.9 Å². The Morgan fingerprint density at radius 3 is 2.64 bits per heavy atom. The van der Waals surface area contributed by atoms with Gasteiger partial charge in [-0.15, -0.1) is 0 Å². The molecule has 0 fully saturated rings. The maximum atomic E-state index is 11.7. The number of aryl methyl sites for hydroxylation is 1. The first-order valence-corrected chi connectivity index (χ1v) is 4.21. The Labute approximate surface area is 82.3 Å². The summed E-state index contributed by atoms with van der Waals surface area (Å²) >= 11 is 0. The molecule has 14 heavy (non-hydrogen) atoms. The summed E-state index contributed by atoms with van der Waals surface area (Å²) in [4.78, 5) is 11.7. The number of carbonyl (C=O) groups is 1. The molecule has 0 saturated heterocycles. The molecule has 0 bridgehead atoms. The molecule has 1 N–H and O–H groups in total. The summed E-state index contributed by atoms with van der Waals surface area (Å²) in [6.07, 6.45) is 1.44. The predicted octanol–water partition coefficient (Wildman–Crippen LogP) is 0.382. The van der Waals surface area contributed by atoms with Crippen LogP contribution in [0.4, 0.5) is 0 Å². The third-order valence-corrected chi connectivity index (χ3v) is 1.90. The SMILES string of the molecule is COc1cnn(C)c1C(=O)C(C)(C)O. The fourth-order valence-corrected chi connectivity index (χ4v) is 1.12. The van der Waals surface area contributed by atoms with Gasteiger partial charge in [-0.1, -0.05) is 0 Å². The summed E-state index contributed by atoms with van der Waals surface area (Å²) < 4.78 is 6.36. The molecule has 0 radical (unpaired) electrons. The Kier molecular flexibility index (Phi) is 2.62. The molecule has 1 aromatic rings. The number of hydrogen-bond acceptors (Lipinski definition) is 4. The van der Waals surface area contributed by atoms with E-state index in [2.05, 4.69) is 5.10 Å². The summed E-state index contributed by atoms with van der Waals surface area (Å²) in [6, 6.07) is 0. The molecule has 0 aliphatic heterocycles. The van der Waals surface area contributed by atoms with Crippen LogP contribution < -0.4 is 4.74 Å². The van der Waals surface area contributed by atoms with Gasteiger partial charge in [0.1, 0.15) is 11.3 Å². The molecule has 1 heterocycles. The number of ether oxygens (including phenoxy) is 1. The van der Waals surface area contributed by atoms with E-state index >= 15 is 0 Å². The topological polar surface area (TPSA) is 64.4 Å². The number of ketones is 1. The molecule has 0 atom stereocenters. The second-order valence-corrected chi connectivity index (χ2v) is 3.57. The Hall–Kier alpha value is -1.36. The maximum Gasteiger partial charge on any atom is 0.215 e. The van der Waals surface area contributed by atoms with Gasteiger partial charge in [-0.05, 0) is 13.8 Å². The lowest BCUT2D eigenvalue weighted by Gasteiger charge is -2.15. The highest BCUT2D eigenvalue weighted by Gasteiger charge is 2.30. The molecule has 0 amide bonds. The summed E-state index contributed by atoms with van der Waals surface area (Å²) in [5.41, 5.74) is -1.14. The van der Waals surface area contributed by atoms with Crippen molar-refractivity contribution in [2.45, 2.75) is 19.4 Å². The van der Waals surface area contributed by atoms with E-state index in [0.29, 0.717) is 5.75 Å². The molecule has 1 aromatic heterocycles. The first-order valence-electron chi connectivity index (χ1n) is 4.21. The lowest BCUT2D eigenvalue weighted by molar-refractivity contribution is 0.0474. The first-order chi connectivity index (χ1) is 6.38. The fourth-order valence-electron chi connectivity index (χ4n) is 1.12. The predicted molar refractivity (Wildman–Crippen MR) is 50.4 cm³/mol. The van der Waals surface area contributed by atoms with Crippen LogP contribution in [-0.4, -0.2) is 33.4 Å². The Balaban J connectivity index is 3.18. The number of methoxy groups -OCH3 is 1. The zero-order valence-electron chi connectivity index (χ0n) is 8.74. The second-order valence-electron chi connectivity index (χ2n) is 3.57. The standard InChI is InChI=1S/C9H14N2O3/c1-9(2,13)8(12)7-6(14-4)5-10-11(7)3/h5,13H,1-4H3. The number of hydrogen-bond donors (Lipinski definition) is 1. The van der Waals surface area contributed by atoms with Crippen LogP contribution in [0.15, 0.2) is 6.20 Å². The lowest BCUT2D eigenvalue weighted by Crippen LogP contribution is -2.32. The number of nitrogens with zero attached hydrogens (tertiary/aromatic N) is 2. The van der Waals surface area contributed by atoms with E-state index < -0.39 is 11.4 Å². The van der Waals surface area contributed by atoms with Crippen LogP contribution in [0.2, 0.25) is 0 Å². The number of aromatic nitrogens is 2. The molecule has 0 saturated carbocycles. The summed E-state index contributed by atoms with van der Waals surface area (Å²) in [6.45, 7) is 2.86. The first kappa shape index (κ1) is 10.7. The van der Waals surface area contributed by atoms with Gasteiger partial charge < -0.3 is 9.84 Å². The number of aliphatic hydroxyl groups is 1.